The summed E-state index contributed by atoms with van der Waals surface area (Å²) < 4.78 is 13.2. The predicted molar refractivity (Wildman–Crippen MR) is 109 cm³/mol. The van der Waals surface area contributed by atoms with Crippen molar-refractivity contribution in [3.8, 4) is 11.5 Å². The number of aromatic nitrogens is 1. The zero-order valence-electron chi connectivity index (χ0n) is 14.6. The van der Waals surface area contributed by atoms with Crippen LogP contribution in [-0.2, 0) is 6.42 Å². The largest absolute Gasteiger partial charge is 0.493 e. The molecule has 1 N–H and O–H groups in total. The van der Waals surface area contributed by atoms with Crippen LogP contribution in [0.4, 0.5) is 0 Å². The van der Waals surface area contributed by atoms with Crippen molar-refractivity contribution in [2.24, 2.45) is 0 Å². The molecule has 0 aliphatic heterocycles. The molecule has 0 aliphatic rings. The van der Waals surface area contributed by atoms with E-state index < -0.39 is 6.10 Å². The fraction of sp³-hybridized carbons (Fsp3) is 0.250. The van der Waals surface area contributed by atoms with Gasteiger partial charge in [-0.3, -0.25) is 0 Å². The average Bonchev–Trinajstić information content (AvgIpc) is 3.08. The lowest BCUT2D eigenvalue weighted by Gasteiger charge is -2.14. The summed E-state index contributed by atoms with van der Waals surface area (Å²) in [6.45, 7) is 3.94. The van der Waals surface area contributed by atoms with Crippen molar-refractivity contribution in [1.82, 2.24) is 4.98 Å². The number of thiazole rings is 1. The Kier molecular flexibility index (Phi) is 6.55. The molecule has 4 nitrogen and oxygen atoms in total. The fourth-order valence-electron chi connectivity index (χ4n) is 2.44. The van der Waals surface area contributed by atoms with Gasteiger partial charge in [0.1, 0.15) is 6.61 Å². The molecule has 2 aromatic carbocycles. The topological polar surface area (TPSA) is 51.6 Å². The molecule has 1 atom stereocenters. The average molecular weight is 388 g/mol. The molecule has 1 aromatic heterocycles. The van der Waals surface area contributed by atoms with Crippen molar-refractivity contribution in [3.05, 3.63) is 60.7 Å². The highest BCUT2D eigenvalue weighted by molar-refractivity contribution is 8.01. The monoisotopic (exact) mass is 387 g/mol. The lowest BCUT2D eigenvalue weighted by atomic mass is 10.1. The Bertz CT molecular complexity index is 845. The number of thioether (sulfide) groups is 1. The third kappa shape index (κ3) is 4.78. The first kappa shape index (κ1) is 18.8. The van der Waals surface area contributed by atoms with E-state index in [2.05, 4.69) is 17.6 Å². The maximum absolute atomic E-state index is 10.2. The predicted octanol–water partition coefficient (Wildman–Crippen LogP) is 4.57. The Morgan fingerprint density at radius 3 is 2.88 bits per heavy atom. The van der Waals surface area contributed by atoms with E-state index in [1.165, 1.54) is 0 Å². The van der Waals surface area contributed by atoms with Crippen LogP contribution < -0.4 is 9.47 Å². The van der Waals surface area contributed by atoms with Crippen molar-refractivity contribution in [1.29, 1.82) is 0 Å². The lowest BCUT2D eigenvalue weighted by Crippen LogP contribution is -2.20. The number of methoxy groups -OCH3 is 1. The van der Waals surface area contributed by atoms with Crippen molar-refractivity contribution in [2.45, 2.75) is 16.9 Å². The van der Waals surface area contributed by atoms with Crippen molar-refractivity contribution >= 4 is 33.3 Å². The van der Waals surface area contributed by atoms with E-state index in [0.29, 0.717) is 17.3 Å². The van der Waals surface area contributed by atoms with Gasteiger partial charge in [0.15, 0.2) is 15.8 Å². The summed E-state index contributed by atoms with van der Waals surface area (Å²) in [4.78, 5) is 4.56. The highest BCUT2D eigenvalue weighted by Gasteiger charge is 2.12. The molecule has 1 unspecified atom stereocenters. The second-order valence-electron chi connectivity index (χ2n) is 5.70. The third-order valence-corrected chi connectivity index (χ3v) is 6.04. The van der Waals surface area contributed by atoms with Gasteiger partial charge in [-0.2, -0.15) is 0 Å². The van der Waals surface area contributed by atoms with Crippen LogP contribution >= 0.6 is 23.1 Å². The minimum atomic E-state index is -0.593. The highest BCUT2D eigenvalue weighted by Crippen LogP contribution is 2.31. The molecule has 136 valence electrons. The van der Waals surface area contributed by atoms with Gasteiger partial charge in [-0.05, 0) is 36.2 Å². The first-order valence-corrected chi connectivity index (χ1v) is 10.1. The summed E-state index contributed by atoms with van der Waals surface area (Å²) in [5, 5.41) is 10.2. The van der Waals surface area contributed by atoms with E-state index in [1.807, 2.05) is 42.5 Å². The summed E-state index contributed by atoms with van der Waals surface area (Å²) in [5.41, 5.74) is 2.10. The van der Waals surface area contributed by atoms with E-state index in [0.717, 1.165) is 26.5 Å². The lowest BCUT2D eigenvalue weighted by molar-refractivity contribution is 0.124. The number of aliphatic hydroxyl groups excluding tert-OH is 1. The van der Waals surface area contributed by atoms with Crippen LogP contribution in [0.3, 0.4) is 0 Å². The summed E-state index contributed by atoms with van der Waals surface area (Å²) >= 11 is 3.18. The molecule has 3 aromatic rings. The van der Waals surface area contributed by atoms with E-state index >= 15 is 0 Å². The van der Waals surface area contributed by atoms with Gasteiger partial charge in [-0.15, -0.1) is 17.9 Å². The molecular formula is C20H21NO3S2. The molecule has 26 heavy (non-hydrogen) atoms. The van der Waals surface area contributed by atoms with Gasteiger partial charge in [-0.25, -0.2) is 4.98 Å². The summed E-state index contributed by atoms with van der Waals surface area (Å²) in [6, 6.07) is 13.8. The zero-order chi connectivity index (χ0) is 18.4. The van der Waals surface area contributed by atoms with Gasteiger partial charge >= 0.3 is 0 Å². The minimum Gasteiger partial charge on any atom is -0.493 e. The van der Waals surface area contributed by atoms with Gasteiger partial charge in [0.05, 0.1) is 23.4 Å². The number of ether oxygens (including phenoxy) is 2. The Hall–Kier alpha value is -2.02. The quantitative estimate of drug-likeness (QED) is 0.431. The molecule has 6 heteroatoms. The molecule has 0 saturated heterocycles. The van der Waals surface area contributed by atoms with Crippen molar-refractivity contribution in [2.75, 3.05) is 19.5 Å². The van der Waals surface area contributed by atoms with Crippen LogP contribution in [0.5, 0.6) is 11.5 Å². The van der Waals surface area contributed by atoms with Gasteiger partial charge in [0.25, 0.3) is 0 Å². The van der Waals surface area contributed by atoms with Crippen LogP contribution in [0, 0.1) is 0 Å². The summed E-state index contributed by atoms with van der Waals surface area (Å²) in [5.74, 6) is 1.82. The van der Waals surface area contributed by atoms with Crippen LogP contribution in [0.1, 0.15) is 5.56 Å². The molecule has 0 saturated carbocycles. The molecular weight excluding hydrogens is 366 g/mol. The molecule has 0 fully saturated rings. The summed E-state index contributed by atoms with van der Waals surface area (Å²) in [6.07, 6.45) is 2.03. The first-order valence-electron chi connectivity index (χ1n) is 8.26. The fourth-order valence-corrected chi connectivity index (χ4v) is 4.44. The van der Waals surface area contributed by atoms with Crippen LogP contribution in [0.15, 0.2) is 59.5 Å². The minimum absolute atomic E-state index is 0.203. The first-order chi connectivity index (χ1) is 12.7. The Morgan fingerprint density at radius 2 is 2.12 bits per heavy atom. The molecule has 1 heterocycles. The second kappa shape index (κ2) is 9.07. The number of nitrogens with zero attached hydrogens (tertiary/aromatic N) is 1. The molecule has 0 aliphatic carbocycles. The van der Waals surface area contributed by atoms with E-state index in [9.17, 15) is 5.11 Å². The highest BCUT2D eigenvalue weighted by atomic mass is 32.2. The van der Waals surface area contributed by atoms with Crippen LogP contribution in [-0.4, -0.2) is 35.7 Å². The number of hydrogen-bond acceptors (Lipinski definition) is 6. The van der Waals surface area contributed by atoms with E-state index in [-0.39, 0.29) is 6.61 Å². The van der Waals surface area contributed by atoms with Crippen molar-refractivity contribution in [3.63, 3.8) is 0 Å². The number of hydrogen-bond donors (Lipinski definition) is 1. The van der Waals surface area contributed by atoms with Crippen LogP contribution in [0.2, 0.25) is 0 Å². The normalized spacial score (nSPS) is 12.1. The number of benzene rings is 2. The van der Waals surface area contributed by atoms with Crippen LogP contribution in [0.25, 0.3) is 10.2 Å². The maximum atomic E-state index is 10.2. The summed E-state index contributed by atoms with van der Waals surface area (Å²) in [7, 11) is 1.61. The Labute approximate surface area is 161 Å². The molecule has 0 spiro atoms. The number of fused-ring (bicyclic) bond motifs is 1. The van der Waals surface area contributed by atoms with Gasteiger partial charge < -0.3 is 14.6 Å². The molecule has 0 bridgehead atoms. The van der Waals surface area contributed by atoms with Gasteiger partial charge in [0.2, 0.25) is 0 Å². The van der Waals surface area contributed by atoms with Gasteiger partial charge in [-0.1, -0.05) is 36.0 Å². The Morgan fingerprint density at radius 1 is 1.27 bits per heavy atom. The standard InChI is InChI=1S/C20H21NO3S2/c1-3-6-14-9-10-17(18(11-14)23-2)24-12-15(22)13-25-20-21-16-7-4-5-8-19(16)26-20/h3-5,7-11,15,22H,1,6,12-13H2,2H3. The molecule has 3 rings (SSSR count). The SMILES string of the molecule is C=CCc1ccc(OCC(O)CSc2nc3ccccc3s2)c(OC)c1. The van der Waals surface area contributed by atoms with E-state index in [4.69, 9.17) is 9.47 Å². The van der Waals surface area contributed by atoms with Crippen molar-refractivity contribution < 1.29 is 14.6 Å². The maximum Gasteiger partial charge on any atom is 0.161 e. The molecule has 0 radical (unpaired) electrons. The number of rotatable bonds is 9. The second-order valence-corrected chi connectivity index (χ2v) is 8.00. The number of aliphatic hydroxyl groups is 1. The molecule has 0 amide bonds. The zero-order valence-corrected chi connectivity index (χ0v) is 16.2. The van der Waals surface area contributed by atoms with E-state index in [1.54, 1.807) is 30.2 Å². The smallest absolute Gasteiger partial charge is 0.161 e. The number of allylic oxidation sites excluding steroid dienone is 1. The third-order valence-electron chi connectivity index (χ3n) is 3.71. The Balaban J connectivity index is 1.53. The van der Waals surface area contributed by atoms with Gasteiger partial charge in [0, 0.05) is 5.75 Å². The number of para-hydroxylation sites is 1.